The van der Waals surface area contributed by atoms with Crippen molar-refractivity contribution in [2.75, 3.05) is 5.32 Å². The second-order valence-corrected chi connectivity index (χ2v) is 7.53. The molecule has 5 nitrogen and oxygen atoms in total. The molecule has 1 fully saturated rings. The Bertz CT molecular complexity index is 1260. The molecule has 2 aromatic carbocycles. The van der Waals surface area contributed by atoms with Crippen LogP contribution < -0.4 is 5.32 Å². The highest BCUT2D eigenvalue weighted by molar-refractivity contribution is 6.08. The summed E-state index contributed by atoms with van der Waals surface area (Å²) in [4.78, 5) is 17.1. The number of nitrogens with zero attached hydrogens (tertiary/aromatic N) is 3. The summed E-state index contributed by atoms with van der Waals surface area (Å²) in [5.41, 5.74) is 1.89. The normalized spacial score (nSPS) is 14.0. The Labute approximate surface area is 175 Å². The number of amides is 1. The first-order valence-electron chi connectivity index (χ1n) is 9.83. The number of nitrogens with one attached hydrogen (secondary N) is 1. The Morgan fingerprint density at radius 2 is 1.68 bits per heavy atom. The van der Waals surface area contributed by atoms with E-state index < -0.39 is 17.8 Å². The second-order valence-electron chi connectivity index (χ2n) is 7.53. The molecule has 156 valence electrons. The number of benzene rings is 2. The van der Waals surface area contributed by atoms with E-state index in [0.29, 0.717) is 15.9 Å². The van der Waals surface area contributed by atoms with Crippen LogP contribution >= 0.6 is 0 Å². The summed E-state index contributed by atoms with van der Waals surface area (Å²) in [6, 6.07) is 18.0. The first-order chi connectivity index (χ1) is 14.9. The van der Waals surface area contributed by atoms with Crippen LogP contribution in [-0.4, -0.2) is 20.5 Å². The SMILES string of the molecule is O=C(Nc1ccc(-c2ccccc2)cc1)c1cnn2c(C(F)(F)F)cc(C3CC3)nc12. The number of rotatable bonds is 4. The summed E-state index contributed by atoms with van der Waals surface area (Å²) in [6.07, 6.45) is -1.88. The molecule has 2 heterocycles. The van der Waals surface area contributed by atoms with Crippen molar-refractivity contribution in [2.24, 2.45) is 0 Å². The van der Waals surface area contributed by atoms with E-state index in [9.17, 15) is 18.0 Å². The van der Waals surface area contributed by atoms with Crippen molar-refractivity contribution in [3.63, 3.8) is 0 Å². The van der Waals surface area contributed by atoms with Crippen LogP contribution in [-0.2, 0) is 6.18 Å². The molecule has 1 saturated carbocycles. The third kappa shape index (κ3) is 3.76. The average Bonchev–Trinajstić information content (AvgIpc) is 3.52. The van der Waals surface area contributed by atoms with Crippen molar-refractivity contribution >= 4 is 17.2 Å². The Balaban J connectivity index is 1.45. The summed E-state index contributed by atoms with van der Waals surface area (Å²) >= 11 is 0. The third-order valence-electron chi connectivity index (χ3n) is 5.27. The number of hydrogen-bond acceptors (Lipinski definition) is 3. The van der Waals surface area contributed by atoms with Gasteiger partial charge in [-0.05, 0) is 42.2 Å². The molecule has 1 amide bonds. The van der Waals surface area contributed by atoms with Gasteiger partial charge in [-0.15, -0.1) is 0 Å². The van der Waals surface area contributed by atoms with Crippen LogP contribution in [0, 0.1) is 0 Å². The second kappa shape index (κ2) is 7.23. The maximum absolute atomic E-state index is 13.5. The topological polar surface area (TPSA) is 59.3 Å². The molecule has 0 spiro atoms. The molecule has 1 aliphatic carbocycles. The van der Waals surface area contributed by atoms with Gasteiger partial charge < -0.3 is 5.32 Å². The van der Waals surface area contributed by atoms with Gasteiger partial charge in [0.2, 0.25) is 0 Å². The van der Waals surface area contributed by atoms with Crippen molar-refractivity contribution in [3.8, 4) is 11.1 Å². The molecular formula is C23H17F3N4O. The van der Waals surface area contributed by atoms with E-state index in [2.05, 4.69) is 15.4 Å². The summed E-state index contributed by atoms with van der Waals surface area (Å²) < 4.78 is 41.3. The number of aromatic nitrogens is 3. The van der Waals surface area contributed by atoms with Gasteiger partial charge in [0.05, 0.1) is 6.20 Å². The summed E-state index contributed by atoms with van der Waals surface area (Å²) in [6.45, 7) is 0. The van der Waals surface area contributed by atoms with E-state index >= 15 is 0 Å². The number of alkyl halides is 3. The minimum absolute atomic E-state index is 0.000126. The fraction of sp³-hybridized carbons (Fsp3) is 0.174. The van der Waals surface area contributed by atoms with Crippen molar-refractivity contribution < 1.29 is 18.0 Å². The lowest BCUT2D eigenvalue weighted by molar-refractivity contribution is -0.142. The molecule has 31 heavy (non-hydrogen) atoms. The summed E-state index contributed by atoms with van der Waals surface area (Å²) in [5.74, 6) is -0.557. The maximum atomic E-state index is 13.5. The molecule has 1 N–H and O–H groups in total. The number of hydrogen-bond donors (Lipinski definition) is 1. The van der Waals surface area contributed by atoms with Crippen LogP contribution in [0.5, 0.6) is 0 Å². The number of anilines is 1. The molecule has 0 saturated heterocycles. The predicted octanol–water partition coefficient (Wildman–Crippen LogP) is 5.54. The Hall–Kier alpha value is -3.68. The van der Waals surface area contributed by atoms with Crippen LogP contribution in [0.4, 0.5) is 18.9 Å². The quantitative estimate of drug-likeness (QED) is 0.469. The highest BCUT2D eigenvalue weighted by atomic mass is 19.4. The van der Waals surface area contributed by atoms with Crippen LogP contribution in [0.25, 0.3) is 16.8 Å². The molecule has 1 aliphatic rings. The zero-order chi connectivity index (χ0) is 21.6. The minimum Gasteiger partial charge on any atom is -0.322 e. The third-order valence-corrected chi connectivity index (χ3v) is 5.27. The minimum atomic E-state index is -4.60. The molecule has 5 rings (SSSR count). The van der Waals surface area contributed by atoms with E-state index in [1.807, 2.05) is 42.5 Å². The van der Waals surface area contributed by atoms with Gasteiger partial charge >= 0.3 is 6.18 Å². The van der Waals surface area contributed by atoms with Gasteiger partial charge in [0, 0.05) is 17.3 Å². The van der Waals surface area contributed by atoms with Crippen molar-refractivity contribution in [3.05, 3.63) is 83.8 Å². The zero-order valence-electron chi connectivity index (χ0n) is 16.2. The molecule has 0 bridgehead atoms. The fourth-order valence-corrected chi connectivity index (χ4v) is 3.51. The molecule has 0 aliphatic heterocycles. The van der Waals surface area contributed by atoms with E-state index in [1.165, 1.54) is 0 Å². The van der Waals surface area contributed by atoms with Crippen LogP contribution in [0.3, 0.4) is 0 Å². The number of carbonyl (C=O) groups is 1. The van der Waals surface area contributed by atoms with Crippen molar-refractivity contribution in [2.45, 2.75) is 24.9 Å². The molecule has 4 aromatic rings. The molecule has 0 unspecified atom stereocenters. The average molecular weight is 422 g/mol. The van der Waals surface area contributed by atoms with Gasteiger partial charge in [-0.3, -0.25) is 4.79 Å². The lowest BCUT2D eigenvalue weighted by Crippen LogP contribution is -2.16. The summed E-state index contributed by atoms with van der Waals surface area (Å²) in [5, 5.41) is 6.52. The maximum Gasteiger partial charge on any atom is 0.433 e. The smallest absolute Gasteiger partial charge is 0.322 e. The standard InChI is InChI=1S/C23H17F3N4O/c24-23(25,26)20-12-19(16-6-7-16)29-21-18(13-27-30(20)21)22(31)28-17-10-8-15(9-11-17)14-4-2-1-3-5-14/h1-5,8-13,16H,6-7H2,(H,28,31). The van der Waals surface area contributed by atoms with Crippen LogP contribution in [0.1, 0.15) is 40.5 Å². The number of halogens is 3. The van der Waals surface area contributed by atoms with Gasteiger partial charge in [0.25, 0.3) is 5.91 Å². The van der Waals surface area contributed by atoms with Crippen LogP contribution in [0.2, 0.25) is 0 Å². The largest absolute Gasteiger partial charge is 0.433 e. The van der Waals surface area contributed by atoms with Crippen molar-refractivity contribution in [1.29, 1.82) is 0 Å². The lowest BCUT2D eigenvalue weighted by Gasteiger charge is -2.11. The fourth-order valence-electron chi connectivity index (χ4n) is 3.51. The predicted molar refractivity (Wildman–Crippen MR) is 110 cm³/mol. The van der Waals surface area contributed by atoms with Gasteiger partial charge in [0.15, 0.2) is 5.65 Å². The molecule has 0 atom stereocenters. The molecule has 0 radical (unpaired) electrons. The Morgan fingerprint density at radius 1 is 1.00 bits per heavy atom. The number of fused-ring (bicyclic) bond motifs is 1. The van der Waals surface area contributed by atoms with E-state index in [1.54, 1.807) is 12.1 Å². The van der Waals surface area contributed by atoms with E-state index in [0.717, 1.165) is 36.2 Å². The lowest BCUT2D eigenvalue weighted by atomic mass is 10.1. The number of carbonyl (C=O) groups excluding carboxylic acids is 1. The van der Waals surface area contributed by atoms with Crippen molar-refractivity contribution in [1.82, 2.24) is 14.6 Å². The van der Waals surface area contributed by atoms with Gasteiger partial charge in [-0.2, -0.15) is 18.3 Å². The van der Waals surface area contributed by atoms with Gasteiger partial charge in [0.1, 0.15) is 11.3 Å². The van der Waals surface area contributed by atoms with Gasteiger partial charge in [-0.1, -0.05) is 42.5 Å². The van der Waals surface area contributed by atoms with E-state index in [4.69, 9.17) is 0 Å². The van der Waals surface area contributed by atoms with Gasteiger partial charge in [-0.25, -0.2) is 9.50 Å². The first-order valence-corrected chi connectivity index (χ1v) is 9.83. The Morgan fingerprint density at radius 3 is 2.32 bits per heavy atom. The van der Waals surface area contributed by atoms with E-state index in [-0.39, 0.29) is 17.1 Å². The molecule has 2 aromatic heterocycles. The highest BCUT2D eigenvalue weighted by Gasteiger charge is 2.37. The molecular weight excluding hydrogens is 405 g/mol. The monoisotopic (exact) mass is 422 g/mol. The zero-order valence-corrected chi connectivity index (χ0v) is 16.2. The first kappa shape index (κ1) is 19.3. The molecule has 8 heteroatoms. The Kier molecular flexibility index (Phi) is 4.50. The van der Waals surface area contributed by atoms with Crippen LogP contribution in [0.15, 0.2) is 66.9 Å². The highest BCUT2D eigenvalue weighted by Crippen LogP contribution is 2.41. The summed E-state index contributed by atoms with van der Waals surface area (Å²) in [7, 11) is 0.